The first kappa shape index (κ1) is 13.4. The van der Waals surface area contributed by atoms with Gasteiger partial charge in [0, 0.05) is 24.8 Å². The van der Waals surface area contributed by atoms with Gasteiger partial charge in [-0.3, -0.25) is 4.79 Å². The van der Waals surface area contributed by atoms with Crippen LogP contribution in [0, 0.1) is 0 Å². The molecule has 98 valence electrons. The van der Waals surface area contributed by atoms with Crippen molar-refractivity contribution in [1.82, 2.24) is 4.90 Å². The zero-order valence-electron chi connectivity index (χ0n) is 10.7. The minimum atomic E-state index is -0.349. The molecule has 18 heavy (non-hydrogen) atoms. The van der Waals surface area contributed by atoms with E-state index in [0.29, 0.717) is 11.2 Å². The molecular weight excluding hydrogens is 294 g/mol. The van der Waals surface area contributed by atoms with Gasteiger partial charge >= 0.3 is 0 Å². The average Bonchev–Trinajstić information content (AvgIpc) is 2.78. The lowest BCUT2D eigenvalue weighted by Crippen LogP contribution is -2.39. The first-order valence-corrected chi connectivity index (χ1v) is 7.13. The number of hydrogen-bond acceptors (Lipinski definition) is 2. The van der Waals surface area contributed by atoms with Crippen molar-refractivity contribution in [3.63, 3.8) is 0 Å². The zero-order valence-corrected chi connectivity index (χ0v) is 12.3. The van der Waals surface area contributed by atoms with Gasteiger partial charge in [0.05, 0.1) is 0 Å². The molecule has 2 atom stereocenters. The number of carbonyl (C=O) groups excluding carboxylic acids is 1. The fourth-order valence-electron chi connectivity index (χ4n) is 2.05. The molecule has 3 nitrogen and oxygen atoms in total. The topological polar surface area (TPSA) is 29.5 Å². The van der Waals surface area contributed by atoms with Crippen molar-refractivity contribution in [2.75, 3.05) is 13.6 Å². The maximum Gasteiger partial charge on any atom is 0.263 e. The Balaban J connectivity index is 1.92. The maximum atomic E-state index is 12.2. The van der Waals surface area contributed by atoms with Crippen LogP contribution in [0.15, 0.2) is 24.3 Å². The Morgan fingerprint density at radius 1 is 1.56 bits per heavy atom. The van der Waals surface area contributed by atoms with Gasteiger partial charge in [-0.1, -0.05) is 41.1 Å². The molecular formula is C14H18BrNO2. The molecule has 0 saturated heterocycles. The third-order valence-electron chi connectivity index (χ3n) is 3.16. The van der Waals surface area contributed by atoms with Crippen LogP contribution in [0.2, 0.25) is 0 Å². The van der Waals surface area contributed by atoms with E-state index in [4.69, 9.17) is 4.74 Å². The van der Waals surface area contributed by atoms with Crippen molar-refractivity contribution in [2.45, 2.75) is 30.7 Å². The number of ether oxygens (including phenoxy) is 1. The Hall–Kier alpha value is -1.03. The van der Waals surface area contributed by atoms with Gasteiger partial charge in [-0.15, -0.1) is 0 Å². The zero-order chi connectivity index (χ0) is 13.1. The van der Waals surface area contributed by atoms with Crippen LogP contribution in [0.4, 0.5) is 0 Å². The summed E-state index contributed by atoms with van der Waals surface area (Å²) in [6.07, 6.45) is 1.28. The predicted octanol–water partition coefficient (Wildman–Crippen LogP) is 2.62. The van der Waals surface area contributed by atoms with Crippen LogP contribution in [0.25, 0.3) is 0 Å². The summed E-state index contributed by atoms with van der Waals surface area (Å²) in [6.45, 7) is 2.84. The van der Waals surface area contributed by atoms with Crippen LogP contribution < -0.4 is 4.74 Å². The number of para-hydroxylation sites is 1. The van der Waals surface area contributed by atoms with E-state index in [9.17, 15) is 4.79 Å². The predicted molar refractivity (Wildman–Crippen MR) is 75.2 cm³/mol. The monoisotopic (exact) mass is 311 g/mol. The molecule has 2 rings (SSSR count). The van der Waals surface area contributed by atoms with Crippen molar-refractivity contribution in [2.24, 2.45) is 0 Å². The number of alkyl halides is 1. The van der Waals surface area contributed by atoms with Crippen molar-refractivity contribution in [3.8, 4) is 5.75 Å². The number of rotatable bonds is 4. The second-order valence-corrected chi connectivity index (χ2v) is 6.31. The highest BCUT2D eigenvalue weighted by Crippen LogP contribution is 2.28. The molecule has 1 heterocycles. The SMILES string of the molecule is CC(Br)CCN(C)C(=O)C1Cc2ccccc2O1. The lowest BCUT2D eigenvalue weighted by atomic mass is 10.1. The highest BCUT2D eigenvalue weighted by atomic mass is 79.9. The Bertz CT molecular complexity index is 409. The molecule has 1 aliphatic heterocycles. The van der Waals surface area contributed by atoms with Gasteiger partial charge in [0.25, 0.3) is 5.91 Å². The average molecular weight is 312 g/mol. The van der Waals surface area contributed by atoms with Crippen LogP contribution in [-0.4, -0.2) is 35.3 Å². The molecule has 1 amide bonds. The van der Waals surface area contributed by atoms with Crippen LogP contribution in [0.5, 0.6) is 5.75 Å². The largest absolute Gasteiger partial charge is 0.480 e. The summed E-state index contributed by atoms with van der Waals surface area (Å²) in [5.74, 6) is 0.914. The fraction of sp³-hybridized carbons (Fsp3) is 0.500. The van der Waals surface area contributed by atoms with E-state index in [1.807, 2.05) is 31.3 Å². The van der Waals surface area contributed by atoms with Gasteiger partial charge in [0.1, 0.15) is 5.75 Å². The van der Waals surface area contributed by atoms with Crippen molar-refractivity contribution in [1.29, 1.82) is 0 Å². The lowest BCUT2D eigenvalue weighted by Gasteiger charge is -2.21. The normalized spacial score (nSPS) is 18.9. The molecule has 0 fully saturated rings. The van der Waals surface area contributed by atoms with Gasteiger partial charge in [-0.05, 0) is 18.1 Å². The molecule has 0 bridgehead atoms. The molecule has 0 spiro atoms. The Morgan fingerprint density at radius 2 is 2.28 bits per heavy atom. The van der Waals surface area contributed by atoms with Crippen LogP contribution in [-0.2, 0) is 11.2 Å². The number of carbonyl (C=O) groups is 1. The number of amides is 1. The van der Waals surface area contributed by atoms with E-state index >= 15 is 0 Å². The molecule has 4 heteroatoms. The Kier molecular flexibility index (Phi) is 4.27. The lowest BCUT2D eigenvalue weighted by molar-refractivity contribution is -0.136. The van der Waals surface area contributed by atoms with Crippen molar-refractivity contribution < 1.29 is 9.53 Å². The highest BCUT2D eigenvalue weighted by Gasteiger charge is 2.30. The highest BCUT2D eigenvalue weighted by molar-refractivity contribution is 9.09. The van der Waals surface area contributed by atoms with Gasteiger partial charge in [0.2, 0.25) is 0 Å². The van der Waals surface area contributed by atoms with Crippen LogP contribution in [0.1, 0.15) is 18.9 Å². The maximum absolute atomic E-state index is 12.2. The summed E-state index contributed by atoms with van der Waals surface area (Å²) >= 11 is 3.49. The molecule has 1 aliphatic rings. The van der Waals surface area contributed by atoms with E-state index in [2.05, 4.69) is 22.9 Å². The first-order valence-electron chi connectivity index (χ1n) is 6.21. The molecule has 2 unspecified atom stereocenters. The summed E-state index contributed by atoms with van der Waals surface area (Å²) in [5.41, 5.74) is 1.12. The third-order valence-corrected chi connectivity index (χ3v) is 3.62. The van der Waals surface area contributed by atoms with E-state index in [0.717, 1.165) is 24.3 Å². The second kappa shape index (κ2) is 5.74. The smallest absolute Gasteiger partial charge is 0.263 e. The van der Waals surface area contributed by atoms with Gasteiger partial charge in [-0.2, -0.15) is 0 Å². The number of fused-ring (bicyclic) bond motifs is 1. The van der Waals surface area contributed by atoms with E-state index in [-0.39, 0.29) is 12.0 Å². The Labute approximate surface area is 116 Å². The van der Waals surface area contributed by atoms with Crippen molar-refractivity contribution >= 4 is 21.8 Å². The number of halogens is 1. The minimum absolute atomic E-state index is 0.0688. The first-order chi connectivity index (χ1) is 8.58. The van der Waals surface area contributed by atoms with Crippen molar-refractivity contribution in [3.05, 3.63) is 29.8 Å². The molecule has 1 aromatic rings. The summed E-state index contributed by atoms with van der Waals surface area (Å²) in [4.78, 5) is 14.4. The standard InChI is InChI=1S/C14H18BrNO2/c1-10(15)7-8-16(2)14(17)13-9-11-5-3-4-6-12(11)18-13/h3-6,10,13H,7-9H2,1-2H3. The fourth-order valence-corrected chi connectivity index (χ4v) is 2.25. The third kappa shape index (κ3) is 3.05. The molecule has 1 aromatic carbocycles. The Morgan fingerprint density at radius 3 is 2.94 bits per heavy atom. The molecule has 0 N–H and O–H groups in total. The quantitative estimate of drug-likeness (QED) is 0.800. The summed E-state index contributed by atoms with van der Waals surface area (Å²) < 4.78 is 5.69. The number of nitrogens with zero attached hydrogens (tertiary/aromatic N) is 1. The van der Waals surface area contributed by atoms with Gasteiger partial charge < -0.3 is 9.64 Å². The van der Waals surface area contributed by atoms with Crippen LogP contribution in [0.3, 0.4) is 0 Å². The molecule has 0 saturated carbocycles. The summed E-state index contributed by atoms with van der Waals surface area (Å²) in [5, 5.41) is 0. The molecule has 0 aliphatic carbocycles. The number of benzene rings is 1. The number of likely N-dealkylation sites (N-methyl/N-ethyl adjacent to an activating group) is 1. The van der Waals surface area contributed by atoms with Gasteiger partial charge in [-0.25, -0.2) is 0 Å². The number of hydrogen-bond donors (Lipinski definition) is 0. The second-order valence-electron chi connectivity index (χ2n) is 4.75. The minimum Gasteiger partial charge on any atom is -0.480 e. The van der Waals surface area contributed by atoms with E-state index in [1.165, 1.54) is 0 Å². The van der Waals surface area contributed by atoms with E-state index < -0.39 is 0 Å². The summed E-state index contributed by atoms with van der Waals surface area (Å²) in [7, 11) is 1.84. The van der Waals surface area contributed by atoms with E-state index in [1.54, 1.807) is 4.90 Å². The molecule has 0 aromatic heterocycles. The molecule has 0 radical (unpaired) electrons. The van der Waals surface area contributed by atoms with Crippen LogP contribution >= 0.6 is 15.9 Å². The summed E-state index contributed by atoms with van der Waals surface area (Å²) in [6, 6.07) is 7.85. The van der Waals surface area contributed by atoms with Gasteiger partial charge in [0.15, 0.2) is 6.10 Å².